The predicted molar refractivity (Wildman–Crippen MR) is 86.7 cm³/mol. The Hall–Kier alpha value is 0.610. The Kier molecular flexibility index (Phi) is 4.49. The number of thiophene rings is 1. The average Bonchev–Trinajstić information content (AvgIpc) is 2.68. The molecule has 0 radical (unpaired) electrons. The Balaban J connectivity index is 2.46. The fourth-order valence-corrected chi connectivity index (χ4v) is 5.45. The highest BCUT2D eigenvalue weighted by Crippen LogP contribution is 2.40. The van der Waals surface area contributed by atoms with Crippen molar-refractivity contribution in [1.29, 1.82) is 0 Å². The van der Waals surface area contributed by atoms with Crippen LogP contribution in [0.2, 0.25) is 0 Å². The van der Waals surface area contributed by atoms with Gasteiger partial charge < -0.3 is 0 Å². The lowest BCUT2D eigenvalue weighted by atomic mass is 10.1. The minimum Gasteiger partial charge on any atom is -0.146 e. The number of benzene rings is 1. The smallest absolute Gasteiger partial charge is 0.0759 e. The van der Waals surface area contributed by atoms with Gasteiger partial charge in [-0.1, -0.05) is 34.1 Å². The number of hydrogen-bond acceptors (Lipinski definition) is 1. The standard InChI is InChI=1S/C12H9Br2IS/c1-7-3-2-4-8(11(7)15)10(14)12-9(13)5-6-16-12/h2-6,10H,1H3. The molecular weight excluding hydrogens is 463 g/mol. The summed E-state index contributed by atoms with van der Waals surface area (Å²) < 4.78 is 2.51. The van der Waals surface area contributed by atoms with E-state index in [2.05, 4.69) is 91.0 Å². The van der Waals surface area contributed by atoms with E-state index in [1.54, 1.807) is 11.3 Å². The first-order valence-electron chi connectivity index (χ1n) is 4.73. The number of alkyl halides is 1. The van der Waals surface area contributed by atoms with Crippen LogP contribution < -0.4 is 0 Å². The quantitative estimate of drug-likeness (QED) is 0.377. The summed E-state index contributed by atoms with van der Waals surface area (Å²) in [6, 6.07) is 8.54. The highest BCUT2D eigenvalue weighted by atomic mass is 127. The molecule has 1 unspecified atom stereocenters. The van der Waals surface area contributed by atoms with Crippen LogP contribution in [0, 0.1) is 10.5 Å². The van der Waals surface area contributed by atoms with Gasteiger partial charge in [0.2, 0.25) is 0 Å². The van der Waals surface area contributed by atoms with E-state index in [4.69, 9.17) is 0 Å². The molecule has 16 heavy (non-hydrogen) atoms. The van der Waals surface area contributed by atoms with Gasteiger partial charge in [0.15, 0.2) is 0 Å². The number of halogens is 3. The van der Waals surface area contributed by atoms with Gasteiger partial charge in [-0.3, -0.25) is 0 Å². The Bertz CT molecular complexity index is 507. The minimum absolute atomic E-state index is 0.272. The van der Waals surface area contributed by atoms with E-state index < -0.39 is 0 Å². The van der Waals surface area contributed by atoms with Gasteiger partial charge >= 0.3 is 0 Å². The fraction of sp³-hybridized carbons (Fsp3) is 0.167. The molecule has 0 saturated heterocycles. The van der Waals surface area contributed by atoms with Crippen LogP contribution in [0.4, 0.5) is 0 Å². The molecule has 1 aromatic heterocycles. The summed E-state index contributed by atoms with van der Waals surface area (Å²) in [5, 5.41) is 2.11. The van der Waals surface area contributed by atoms with Crippen LogP contribution in [0.5, 0.6) is 0 Å². The maximum Gasteiger partial charge on any atom is 0.0759 e. The maximum atomic E-state index is 3.78. The first kappa shape index (κ1) is 13.1. The Morgan fingerprint density at radius 2 is 2.06 bits per heavy atom. The first-order valence-corrected chi connectivity index (χ1v) is 8.40. The largest absolute Gasteiger partial charge is 0.146 e. The molecule has 4 heteroatoms. The predicted octanol–water partition coefficient (Wildman–Crippen LogP) is 5.91. The van der Waals surface area contributed by atoms with Gasteiger partial charge in [0.25, 0.3) is 0 Å². The summed E-state index contributed by atoms with van der Waals surface area (Å²) in [6.07, 6.45) is 0. The minimum atomic E-state index is 0.272. The van der Waals surface area contributed by atoms with E-state index in [1.165, 1.54) is 24.0 Å². The second-order valence-corrected chi connectivity index (χ2v) is 7.27. The molecule has 0 amide bonds. The van der Waals surface area contributed by atoms with Crippen molar-refractivity contribution in [3.63, 3.8) is 0 Å². The Labute approximate surface area is 130 Å². The summed E-state index contributed by atoms with van der Waals surface area (Å²) in [4.78, 5) is 1.59. The summed E-state index contributed by atoms with van der Waals surface area (Å²) >= 11 is 11.6. The molecule has 0 N–H and O–H groups in total. The van der Waals surface area contributed by atoms with E-state index >= 15 is 0 Å². The topological polar surface area (TPSA) is 0 Å². The maximum absolute atomic E-state index is 3.78. The van der Waals surface area contributed by atoms with Gasteiger partial charge in [0, 0.05) is 12.9 Å². The van der Waals surface area contributed by atoms with Crippen LogP contribution in [0.1, 0.15) is 20.8 Å². The molecule has 0 aliphatic heterocycles. The molecule has 0 saturated carbocycles. The van der Waals surface area contributed by atoms with Crippen molar-refractivity contribution >= 4 is 65.8 Å². The lowest BCUT2D eigenvalue weighted by Gasteiger charge is -2.13. The van der Waals surface area contributed by atoms with Crippen molar-refractivity contribution in [1.82, 2.24) is 0 Å². The zero-order valence-electron chi connectivity index (χ0n) is 8.51. The van der Waals surface area contributed by atoms with Crippen LogP contribution in [-0.2, 0) is 0 Å². The van der Waals surface area contributed by atoms with Crippen molar-refractivity contribution in [2.24, 2.45) is 0 Å². The van der Waals surface area contributed by atoms with Gasteiger partial charge in [-0.25, -0.2) is 0 Å². The second kappa shape index (κ2) is 5.50. The van der Waals surface area contributed by atoms with Crippen LogP contribution >= 0.6 is 65.8 Å². The lowest BCUT2D eigenvalue weighted by molar-refractivity contribution is 1.18. The third-order valence-corrected chi connectivity index (χ3v) is 7.03. The molecule has 0 aliphatic carbocycles. The SMILES string of the molecule is Cc1cccc(C(Br)c2sccc2Br)c1I. The van der Waals surface area contributed by atoms with E-state index in [0.29, 0.717) is 0 Å². The molecule has 84 valence electrons. The molecule has 0 spiro atoms. The van der Waals surface area contributed by atoms with Crippen molar-refractivity contribution in [3.8, 4) is 0 Å². The van der Waals surface area contributed by atoms with E-state index in [9.17, 15) is 0 Å². The molecule has 0 aliphatic rings. The summed E-state index contributed by atoms with van der Waals surface area (Å²) in [5.74, 6) is 0. The van der Waals surface area contributed by atoms with Gasteiger partial charge in [0.1, 0.15) is 0 Å². The summed E-state index contributed by atoms with van der Waals surface area (Å²) in [6.45, 7) is 2.15. The van der Waals surface area contributed by atoms with Crippen molar-refractivity contribution < 1.29 is 0 Å². The Morgan fingerprint density at radius 1 is 1.31 bits per heavy atom. The normalized spacial score (nSPS) is 12.8. The number of rotatable bonds is 2. The van der Waals surface area contributed by atoms with E-state index in [1.807, 2.05) is 0 Å². The first-order chi connectivity index (χ1) is 7.61. The van der Waals surface area contributed by atoms with Gasteiger partial charge in [0.05, 0.1) is 4.83 Å². The zero-order chi connectivity index (χ0) is 11.7. The average molecular weight is 472 g/mol. The molecule has 1 atom stereocenters. The van der Waals surface area contributed by atoms with Gasteiger partial charge in [-0.15, -0.1) is 11.3 Å². The molecule has 0 nitrogen and oxygen atoms in total. The van der Waals surface area contributed by atoms with Gasteiger partial charge in [-0.05, 0) is 68.0 Å². The van der Waals surface area contributed by atoms with E-state index in [-0.39, 0.29) is 4.83 Å². The molecule has 2 aromatic rings. The molecule has 0 fully saturated rings. The summed E-state index contributed by atoms with van der Waals surface area (Å²) in [5.41, 5.74) is 2.67. The molecule has 2 rings (SSSR count). The lowest BCUT2D eigenvalue weighted by Crippen LogP contribution is -1.96. The second-order valence-electron chi connectivity index (χ2n) is 3.47. The van der Waals surface area contributed by atoms with Gasteiger partial charge in [-0.2, -0.15) is 0 Å². The van der Waals surface area contributed by atoms with Crippen LogP contribution in [-0.4, -0.2) is 0 Å². The van der Waals surface area contributed by atoms with Crippen LogP contribution in [0.25, 0.3) is 0 Å². The molecular formula is C12H9Br2IS. The fourth-order valence-electron chi connectivity index (χ4n) is 1.49. The van der Waals surface area contributed by atoms with E-state index in [0.717, 1.165) is 0 Å². The monoisotopic (exact) mass is 470 g/mol. The highest BCUT2D eigenvalue weighted by molar-refractivity contribution is 14.1. The molecule has 1 aromatic carbocycles. The van der Waals surface area contributed by atoms with Crippen LogP contribution in [0.15, 0.2) is 34.1 Å². The third kappa shape index (κ3) is 2.54. The molecule has 1 heterocycles. The number of hydrogen-bond donors (Lipinski definition) is 0. The molecule has 0 bridgehead atoms. The van der Waals surface area contributed by atoms with Crippen LogP contribution in [0.3, 0.4) is 0 Å². The van der Waals surface area contributed by atoms with Crippen molar-refractivity contribution in [2.45, 2.75) is 11.8 Å². The zero-order valence-corrected chi connectivity index (χ0v) is 14.7. The van der Waals surface area contributed by atoms with Crippen molar-refractivity contribution in [3.05, 3.63) is 53.7 Å². The third-order valence-electron chi connectivity index (χ3n) is 2.37. The summed E-state index contributed by atoms with van der Waals surface area (Å²) in [7, 11) is 0. The number of aryl methyl sites for hydroxylation is 1. The highest BCUT2D eigenvalue weighted by Gasteiger charge is 2.17. The Morgan fingerprint density at radius 3 is 2.69 bits per heavy atom. The van der Waals surface area contributed by atoms with Crippen molar-refractivity contribution in [2.75, 3.05) is 0 Å².